The molecule has 6 nitrogen and oxygen atoms in total. The quantitative estimate of drug-likeness (QED) is 0.717. The molecule has 0 atom stereocenters. The predicted octanol–water partition coefficient (Wildman–Crippen LogP) is 2.87. The van der Waals surface area contributed by atoms with E-state index in [9.17, 15) is 0 Å². The largest absolute Gasteiger partial charge is 0.366 e. The zero-order valence-corrected chi connectivity index (χ0v) is 14.6. The summed E-state index contributed by atoms with van der Waals surface area (Å²) in [5.74, 6) is 2.49. The number of rotatable bonds is 7. The van der Waals surface area contributed by atoms with Crippen LogP contribution in [0.15, 0.2) is 55.1 Å². The molecule has 0 unspecified atom stereocenters. The molecule has 3 heterocycles. The molecule has 25 heavy (non-hydrogen) atoms. The highest BCUT2D eigenvalue weighted by Gasteiger charge is 2.07. The molecule has 128 valence electrons. The Kier molecular flexibility index (Phi) is 5.51. The molecule has 6 heteroatoms. The van der Waals surface area contributed by atoms with Gasteiger partial charge in [-0.25, -0.2) is 9.97 Å². The van der Waals surface area contributed by atoms with Gasteiger partial charge < -0.3 is 10.2 Å². The molecule has 0 aliphatic heterocycles. The van der Waals surface area contributed by atoms with Crippen LogP contribution in [0.1, 0.15) is 17.0 Å². The zero-order chi connectivity index (χ0) is 17.5. The van der Waals surface area contributed by atoms with Gasteiger partial charge >= 0.3 is 0 Å². The Bertz CT molecular complexity index is 792. The molecule has 0 spiro atoms. The lowest BCUT2D eigenvalue weighted by Crippen LogP contribution is -2.22. The third-order valence-corrected chi connectivity index (χ3v) is 3.90. The fraction of sp³-hybridized carbons (Fsp3) is 0.263. The molecular formula is C19H22N6. The van der Waals surface area contributed by atoms with Crippen LogP contribution in [0.3, 0.4) is 0 Å². The van der Waals surface area contributed by atoms with Gasteiger partial charge in [-0.2, -0.15) is 0 Å². The van der Waals surface area contributed by atoms with Crippen LogP contribution in [0.4, 0.5) is 11.6 Å². The molecule has 1 N–H and O–H groups in total. The van der Waals surface area contributed by atoms with Crippen LogP contribution in [0.25, 0.3) is 0 Å². The van der Waals surface area contributed by atoms with Crippen LogP contribution < -0.4 is 10.2 Å². The first-order chi connectivity index (χ1) is 12.2. The van der Waals surface area contributed by atoms with Crippen LogP contribution in [-0.4, -0.2) is 33.5 Å². The molecule has 3 aromatic heterocycles. The normalized spacial score (nSPS) is 10.5. The highest BCUT2D eigenvalue weighted by atomic mass is 15.2. The molecule has 3 aromatic rings. The monoisotopic (exact) mass is 334 g/mol. The van der Waals surface area contributed by atoms with E-state index in [1.165, 1.54) is 5.56 Å². The van der Waals surface area contributed by atoms with E-state index in [0.29, 0.717) is 6.54 Å². The average Bonchev–Trinajstić information content (AvgIpc) is 2.66. The van der Waals surface area contributed by atoms with E-state index in [1.54, 1.807) is 6.20 Å². The molecule has 0 saturated carbocycles. The predicted molar refractivity (Wildman–Crippen MR) is 99.5 cm³/mol. The molecule has 0 fully saturated rings. The Morgan fingerprint density at radius 3 is 2.60 bits per heavy atom. The van der Waals surface area contributed by atoms with Crippen molar-refractivity contribution in [3.63, 3.8) is 0 Å². The van der Waals surface area contributed by atoms with E-state index in [-0.39, 0.29) is 0 Å². The van der Waals surface area contributed by atoms with Gasteiger partial charge in [0, 0.05) is 51.0 Å². The van der Waals surface area contributed by atoms with E-state index in [1.807, 2.05) is 62.9 Å². The molecule has 0 amide bonds. The standard InChI is InChI=1S/C19H22N6/c1-15-23-18(22-14-17-4-3-8-21-13-17)12-19(24-15)25(2)11-7-16-5-9-20-10-6-16/h3-6,8-10,12-13H,7,11,14H2,1-2H3,(H,22,23,24). The first-order valence-electron chi connectivity index (χ1n) is 8.29. The van der Waals surface area contributed by atoms with Crippen molar-refractivity contribution in [3.8, 4) is 0 Å². The second-order valence-corrected chi connectivity index (χ2v) is 5.90. The topological polar surface area (TPSA) is 66.8 Å². The van der Waals surface area contributed by atoms with Gasteiger partial charge in [0.05, 0.1) is 0 Å². The highest BCUT2D eigenvalue weighted by Crippen LogP contribution is 2.16. The Labute approximate surface area is 148 Å². The molecule has 0 radical (unpaired) electrons. The summed E-state index contributed by atoms with van der Waals surface area (Å²) in [4.78, 5) is 19.3. The fourth-order valence-corrected chi connectivity index (χ4v) is 2.49. The van der Waals surface area contributed by atoms with Crippen LogP contribution in [0, 0.1) is 6.92 Å². The Hall–Kier alpha value is -3.02. The Morgan fingerprint density at radius 2 is 1.84 bits per heavy atom. The lowest BCUT2D eigenvalue weighted by molar-refractivity contribution is 0.847. The van der Waals surface area contributed by atoms with E-state index in [0.717, 1.165) is 36.0 Å². The van der Waals surface area contributed by atoms with Crippen molar-refractivity contribution >= 4 is 11.6 Å². The van der Waals surface area contributed by atoms with Crippen molar-refractivity contribution in [2.24, 2.45) is 0 Å². The van der Waals surface area contributed by atoms with E-state index >= 15 is 0 Å². The van der Waals surface area contributed by atoms with E-state index in [2.05, 4.69) is 30.2 Å². The maximum Gasteiger partial charge on any atom is 0.134 e. The summed E-state index contributed by atoms with van der Waals surface area (Å²) >= 11 is 0. The van der Waals surface area contributed by atoms with Crippen LogP contribution >= 0.6 is 0 Å². The van der Waals surface area contributed by atoms with Gasteiger partial charge in [-0.05, 0) is 42.7 Å². The van der Waals surface area contributed by atoms with Gasteiger partial charge in [0.1, 0.15) is 17.5 Å². The van der Waals surface area contributed by atoms with Crippen LogP contribution in [-0.2, 0) is 13.0 Å². The summed E-state index contributed by atoms with van der Waals surface area (Å²) in [6.45, 7) is 3.47. The number of nitrogens with zero attached hydrogens (tertiary/aromatic N) is 5. The maximum absolute atomic E-state index is 4.55. The smallest absolute Gasteiger partial charge is 0.134 e. The molecular weight excluding hydrogens is 312 g/mol. The number of aromatic nitrogens is 4. The summed E-state index contributed by atoms with van der Waals surface area (Å²) in [6, 6.07) is 10.0. The number of hydrogen-bond acceptors (Lipinski definition) is 6. The minimum absolute atomic E-state index is 0.685. The van der Waals surface area contributed by atoms with Crippen molar-refractivity contribution < 1.29 is 0 Å². The lowest BCUT2D eigenvalue weighted by atomic mass is 10.2. The first-order valence-corrected chi connectivity index (χ1v) is 8.29. The maximum atomic E-state index is 4.55. The van der Waals surface area contributed by atoms with Crippen LogP contribution in [0.5, 0.6) is 0 Å². The summed E-state index contributed by atoms with van der Waals surface area (Å²) in [6.07, 6.45) is 8.22. The van der Waals surface area contributed by atoms with Crippen LogP contribution in [0.2, 0.25) is 0 Å². The van der Waals surface area contributed by atoms with Gasteiger partial charge in [-0.3, -0.25) is 9.97 Å². The molecule has 0 aliphatic rings. The molecule has 0 saturated heterocycles. The highest BCUT2D eigenvalue weighted by molar-refractivity contribution is 5.49. The third kappa shape index (κ3) is 4.97. The van der Waals surface area contributed by atoms with Crippen molar-refractivity contribution in [1.29, 1.82) is 0 Å². The number of nitrogens with one attached hydrogen (secondary N) is 1. The van der Waals surface area contributed by atoms with E-state index < -0.39 is 0 Å². The van der Waals surface area contributed by atoms with Gasteiger partial charge in [-0.1, -0.05) is 6.07 Å². The number of hydrogen-bond donors (Lipinski definition) is 1. The van der Waals surface area contributed by atoms with Gasteiger partial charge in [0.15, 0.2) is 0 Å². The number of likely N-dealkylation sites (N-methyl/N-ethyl adjacent to an activating group) is 1. The third-order valence-electron chi connectivity index (χ3n) is 3.90. The zero-order valence-electron chi connectivity index (χ0n) is 14.6. The molecule has 0 aromatic carbocycles. The van der Waals surface area contributed by atoms with Crippen molar-refractivity contribution in [3.05, 3.63) is 72.1 Å². The van der Waals surface area contributed by atoms with Gasteiger partial charge in [-0.15, -0.1) is 0 Å². The van der Waals surface area contributed by atoms with Crippen molar-refractivity contribution in [1.82, 2.24) is 19.9 Å². The number of pyridine rings is 2. The fourth-order valence-electron chi connectivity index (χ4n) is 2.49. The Balaban J connectivity index is 1.64. The minimum atomic E-state index is 0.685. The van der Waals surface area contributed by atoms with Crippen molar-refractivity contribution in [2.45, 2.75) is 19.9 Å². The summed E-state index contributed by atoms with van der Waals surface area (Å²) in [5, 5.41) is 3.34. The summed E-state index contributed by atoms with van der Waals surface area (Å²) in [7, 11) is 2.05. The minimum Gasteiger partial charge on any atom is -0.366 e. The average molecular weight is 334 g/mol. The SMILES string of the molecule is Cc1nc(NCc2cccnc2)cc(N(C)CCc2ccncc2)n1. The van der Waals surface area contributed by atoms with Gasteiger partial charge in [0.25, 0.3) is 0 Å². The number of aryl methyl sites for hydroxylation is 1. The second kappa shape index (κ2) is 8.19. The van der Waals surface area contributed by atoms with Crippen molar-refractivity contribution in [2.75, 3.05) is 23.8 Å². The Morgan fingerprint density at radius 1 is 1.00 bits per heavy atom. The number of anilines is 2. The molecule has 3 rings (SSSR count). The molecule has 0 bridgehead atoms. The lowest BCUT2D eigenvalue weighted by Gasteiger charge is -2.19. The van der Waals surface area contributed by atoms with Gasteiger partial charge in [0.2, 0.25) is 0 Å². The molecule has 0 aliphatic carbocycles. The summed E-state index contributed by atoms with van der Waals surface area (Å²) in [5.41, 5.74) is 2.38. The first kappa shape index (κ1) is 16.8. The summed E-state index contributed by atoms with van der Waals surface area (Å²) < 4.78 is 0. The second-order valence-electron chi connectivity index (χ2n) is 5.90. The van der Waals surface area contributed by atoms with E-state index in [4.69, 9.17) is 0 Å².